The second-order valence-electron chi connectivity index (χ2n) is 3.48. The van der Waals surface area contributed by atoms with E-state index in [0.29, 0.717) is 0 Å². The number of benzene rings is 1. The molecule has 74 valence electrons. The van der Waals surface area contributed by atoms with E-state index in [2.05, 4.69) is 4.90 Å². The molecule has 0 aromatic heterocycles. The van der Waals surface area contributed by atoms with E-state index in [0.717, 1.165) is 28.7 Å². The molecule has 0 saturated carbocycles. The molecule has 0 spiro atoms. The van der Waals surface area contributed by atoms with Gasteiger partial charge in [-0.25, -0.2) is 0 Å². The second kappa shape index (κ2) is 4.28. The lowest BCUT2D eigenvalue weighted by molar-refractivity contribution is 0.530. The fraction of sp³-hybridized carbons (Fsp3) is 0.364. The standard InChI is InChI=1S/C11H12ClNS/c12-10-6-2-1-5-9(10)11(14)13-7-3-4-8-13/h1-2,5-6H,3-4,7-8H2. The number of thiocarbonyl (C=S) groups is 1. The Morgan fingerprint density at radius 1 is 1.21 bits per heavy atom. The summed E-state index contributed by atoms with van der Waals surface area (Å²) in [5.74, 6) is 0. The zero-order chi connectivity index (χ0) is 9.97. The highest BCUT2D eigenvalue weighted by atomic mass is 35.5. The lowest BCUT2D eigenvalue weighted by Crippen LogP contribution is -2.26. The van der Waals surface area contributed by atoms with Gasteiger partial charge < -0.3 is 4.90 Å². The van der Waals surface area contributed by atoms with Crippen LogP contribution >= 0.6 is 23.8 Å². The summed E-state index contributed by atoms with van der Waals surface area (Å²) in [5.41, 5.74) is 0.992. The van der Waals surface area contributed by atoms with Crippen molar-refractivity contribution in [3.8, 4) is 0 Å². The van der Waals surface area contributed by atoms with Crippen LogP contribution in [0.4, 0.5) is 0 Å². The minimum absolute atomic E-state index is 0.754. The fourth-order valence-corrected chi connectivity index (χ4v) is 2.37. The van der Waals surface area contributed by atoms with Gasteiger partial charge in [0.2, 0.25) is 0 Å². The molecule has 3 heteroatoms. The van der Waals surface area contributed by atoms with Gasteiger partial charge in [-0.1, -0.05) is 42.0 Å². The summed E-state index contributed by atoms with van der Waals surface area (Å²) in [6, 6.07) is 7.78. The number of nitrogens with zero attached hydrogens (tertiary/aromatic N) is 1. The summed E-state index contributed by atoms with van der Waals surface area (Å²) in [5, 5.41) is 0.754. The van der Waals surface area contributed by atoms with Crippen LogP contribution in [0.15, 0.2) is 24.3 Å². The lowest BCUT2D eigenvalue weighted by atomic mass is 10.2. The van der Waals surface area contributed by atoms with Crippen LogP contribution < -0.4 is 0 Å². The molecule has 1 heterocycles. The van der Waals surface area contributed by atoms with Crippen LogP contribution in [0, 0.1) is 0 Å². The summed E-state index contributed by atoms with van der Waals surface area (Å²) < 4.78 is 0. The number of halogens is 1. The molecule has 1 nitrogen and oxygen atoms in total. The minimum atomic E-state index is 0.754. The van der Waals surface area contributed by atoms with E-state index in [4.69, 9.17) is 23.8 Å². The van der Waals surface area contributed by atoms with Crippen molar-refractivity contribution < 1.29 is 0 Å². The molecule has 0 aliphatic carbocycles. The third-order valence-corrected chi connectivity index (χ3v) is 3.31. The maximum absolute atomic E-state index is 6.08. The van der Waals surface area contributed by atoms with Crippen molar-refractivity contribution in [2.75, 3.05) is 13.1 Å². The second-order valence-corrected chi connectivity index (χ2v) is 4.27. The Labute approximate surface area is 94.7 Å². The van der Waals surface area contributed by atoms with Crippen LogP contribution in [0.25, 0.3) is 0 Å². The molecule has 1 aliphatic rings. The average molecular weight is 226 g/mol. The molecule has 0 N–H and O–H groups in total. The highest BCUT2D eigenvalue weighted by Crippen LogP contribution is 2.20. The quantitative estimate of drug-likeness (QED) is 0.676. The van der Waals surface area contributed by atoms with Crippen molar-refractivity contribution >= 4 is 28.8 Å². The third kappa shape index (κ3) is 1.91. The third-order valence-electron chi connectivity index (χ3n) is 2.50. The number of rotatable bonds is 1. The number of likely N-dealkylation sites (tertiary alicyclic amines) is 1. The fourth-order valence-electron chi connectivity index (χ4n) is 1.73. The van der Waals surface area contributed by atoms with Crippen molar-refractivity contribution in [1.82, 2.24) is 4.90 Å². The molecule has 1 fully saturated rings. The molecular weight excluding hydrogens is 214 g/mol. The molecule has 0 atom stereocenters. The Hall–Kier alpha value is -0.600. The molecule has 0 amide bonds. The van der Waals surface area contributed by atoms with Crippen LogP contribution in [0.3, 0.4) is 0 Å². The summed E-state index contributed by atoms with van der Waals surface area (Å²) in [7, 11) is 0. The summed E-state index contributed by atoms with van der Waals surface area (Å²) in [6.07, 6.45) is 2.48. The topological polar surface area (TPSA) is 3.24 Å². The van der Waals surface area contributed by atoms with Crippen molar-refractivity contribution in [3.05, 3.63) is 34.9 Å². The molecule has 0 unspecified atom stereocenters. The monoisotopic (exact) mass is 225 g/mol. The van der Waals surface area contributed by atoms with Gasteiger partial charge in [-0.15, -0.1) is 0 Å². The van der Waals surface area contributed by atoms with E-state index in [1.165, 1.54) is 12.8 Å². The molecular formula is C11H12ClNS. The van der Waals surface area contributed by atoms with Crippen molar-refractivity contribution in [2.45, 2.75) is 12.8 Å². The van der Waals surface area contributed by atoms with E-state index in [9.17, 15) is 0 Å². The van der Waals surface area contributed by atoms with Crippen LogP contribution in [0.1, 0.15) is 18.4 Å². The zero-order valence-electron chi connectivity index (χ0n) is 7.87. The van der Waals surface area contributed by atoms with Crippen LogP contribution in [0.5, 0.6) is 0 Å². The van der Waals surface area contributed by atoms with E-state index in [-0.39, 0.29) is 0 Å². The van der Waals surface area contributed by atoms with Crippen LogP contribution in [-0.2, 0) is 0 Å². The first-order chi connectivity index (χ1) is 6.79. The average Bonchev–Trinajstić information content (AvgIpc) is 2.70. The maximum atomic E-state index is 6.08. The Kier molecular flexibility index (Phi) is 3.04. The Balaban J connectivity index is 2.22. The molecule has 14 heavy (non-hydrogen) atoms. The van der Waals surface area contributed by atoms with E-state index in [1.807, 2.05) is 24.3 Å². The van der Waals surface area contributed by atoms with E-state index < -0.39 is 0 Å². The molecule has 1 aromatic carbocycles. The normalized spacial score (nSPS) is 15.9. The first-order valence-corrected chi connectivity index (χ1v) is 5.61. The van der Waals surface area contributed by atoms with Gasteiger partial charge in [-0.2, -0.15) is 0 Å². The minimum Gasteiger partial charge on any atom is -0.362 e. The van der Waals surface area contributed by atoms with Gasteiger partial charge in [-0.3, -0.25) is 0 Å². The molecule has 2 rings (SSSR count). The van der Waals surface area contributed by atoms with Crippen LogP contribution in [-0.4, -0.2) is 23.0 Å². The van der Waals surface area contributed by atoms with Crippen LogP contribution in [0.2, 0.25) is 5.02 Å². The SMILES string of the molecule is S=C(c1ccccc1Cl)N1CCCC1. The molecule has 0 radical (unpaired) electrons. The summed E-state index contributed by atoms with van der Waals surface area (Å²) >= 11 is 11.5. The summed E-state index contributed by atoms with van der Waals surface area (Å²) in [4.78, 5) is 3.13. The predicted molar refractivity (Wildman–Crippen MR) is 64.0 cm³/mol. The highest BCUT2D eigenvalue weighted by molar-refractivity contribution is 7.80. The smallest absolute Gasteiger partial charge is 0.110 e. The Morgan fingerprint density at radius 2 is 1.86 bits per heavy atom. The van der Waals surface area contributed by atoms with Gasteiger partial charge in [0.05, 0.1) is 5.02 Å². The highest BCUT2D eigenvalue weighted by Gasteiger charge is 2.17. The molecule has 1 aliphatic heterocycles. The van der Waals surface area contributed by atoms with Gasteiger partial charge in [0.25, 0.3) is 0 Å². The Morgan fingerprint density at radius 3 is 2.50 bits per heavy atom. The number of hydrogen-bond donors (Lipinski definition) is 0. The predicted octanol–water partition coefficient (Wildman–Crippen LogP) is 3.11. The van der Waals surface area contributed by atoms with E-state index in [1.54, 1.807) is 0 Å². The Bertz CT molecular complexity index is 345. The van der Waals surface area contributed by atoms with Gasteiger partial charge in [-0.05, 0) is 18.9 Å². The molecule has 1 aromatic rings. The van der Waals surface area contributed by atoms with Gasteiger partial charge in [0.15, 0.2) is 0 Å². The maximum Gasteiger partial charge on any atom is 0.110 e. The summed E-state index contributed by atoms with van der Waals surface area (Å²) in [6.45, 7) is 2.15. The number of hydrogen-bond acceptors (Lipinski definition) is 1. The van der Waals surface area contributed by atoms with Gasteiger partial charge >= 0.3 is 0 Å². The van der Waals surface area contributed by atoms with E-state index >= 15 is 0 Å². The molecule has 1 saturated heterocycles. The van der Waals surface area contributed by atoms with Gasteiger partial charge in [0.1, 0.15) is 4.99 Å². The van der Waals surface area contributed by atoms with Crippen molar-refractivity contribution in [2.24, 2.45) is 0 Å². The molecule has 0 bridgehead atoms. The van der Waals surface area contributed by atoms with Crippen molar-refractivity contribution in [1.29, 1.82) is 0 Å². The first kappa shape index (κ1) is 9.94. The largest absolute Gasteiger partial charge is 0.362 e. The zero-order valence-corrected chi connectivity index (χ0v) is 9.44. The first-order valence-electron chi connectivity index (χ1n) is 4.83. The lowest BCUT2D eigenvalue weighted by Gasteiger charge is -2.19. The van der Waals surface area contributed by atoms with Gasteiger partial charge in [0, 0.05) is 18.7 Å². The van der Waals surface area contributed by atoms with Crippen molar-refractivity contribution in [3.63, 3.8) is 0 Å².